The number of nitrogens with one attached hydrogen (secondary N) is 1. The SMILES string of the molecule is CC[C@@H](C)NC[C@H]1CCCN1CC. The highest BCUT2D eigenvalue weighted by Crippen LogP contribution is 2.15. The van der Waals surface area contributed by atoms with Crippen LogP contribution >= 0.6 is 0 Å². The molecule has 0 amide bonds. The molecule has 78 valence electrons. The van der Waals surface area contributed by atoms with E-state index in [2.05, 4.69) is 31.0 Å². The third-order valence-electron chi connectivity index (χ3n) is 3.22. The molecule has 0 aromatic heterocycles. The van der Waals surface area contributed by atoms with E-state index in [0.717, 1.165) is 6.04 Å². The van der Waals surface area contributed by atoms with Crippen LogP contribution in [0.3, 0.4) is 0 Å². The second kappa shape index (κ2) is 5.61. The van der Waals surface area contributed by atoms with Crippen molar-refractivity contribution in [1.82, 2.24) is 10.2 Å². The van der Waals surface area contributed by atoms with Gasteiger partial charge in [-0.1, -0.05) is 13.8 Å². The van der Waals surface area contributed by atoms with Gasteiger partial charge in [0.25, 0.3) is 0 Å². The molecule has 0 spiro atoms. The number of likely N-dealkylation sites (tertiary alicyclic amines) is 1. The van der Waals surface area contributed by atoms with Crippen molar-refractivity contribution in [2.75, 3.05) is 19.6 Å². The largest absolute Gasteiger partial charge is 0.313 e. The van der Waals surface area contributed by atoms with Crippen molar-refractivity contribution < 1.29 is 0 Å². The highest BCUT2D eigenvalue weighted by atomic mass is 15.2. The maximum absolute atomic E-state index is 3.60. The predicted molar refractivity (Wildman–Crippen MR) is 58.0 cm³/mol. The molecule has 0 unspecified atom stereocenters. The summed E-state index contributed by atoms with van der Waals surface area (Å²) < 4.78 is 0. The summed E-state index contributed by atoms with van der Waals surface area (Å²) in [5.74, 6) is 0. The fraction of sp³-hybridized carbons (Fsp3) is 1.00. The fourth-order valence-electron chi connectivity index (χ4n) is 2.02. The molecule has 0 aromatic carbocycles. The Bertz CT molecular complexity index is 136. The van der Waals surface area contributed by atoms with E-state index in [9.17, 15) is 0 Å². The zero-order chi connectivity index (χ0) is 9.68. The molecule has 1 rings (SSSR count). The molecule has 1 N–H and O–H groups in total. The van der Waals surface area contributed by atoms with Gasteiger partial charge in [0.15, 0.2) is 0 Å². The van der Waals surface area contributed by atoms with E-state index < -0.39 is 0 Å². The minimum absolute atomic E-state index is 0.680. The lowest BCUT2D eigenvalue weighted by Crippen LogP contribution is -2.40. The molecule has 1 aliphatic heterocycles. The third kappa shape index (κ3) is 3.28. The summed E-state index contributed by atoms with van der Waals surface area (Å²) in [5.41, 5.74) is 0. The molecule has 0 radical (unpaired) electrons. The minimum Gasteiger partial charge on any atom is -0.313 e. The first-order valence-electron chi connectivity index (χ1n) is 5.75. The van der Waals surface area contributed by atoms with Crippen molar-refractivity contribution in [3.8, 4) is 0 Å². The van der Waals surface area contributed by atoms with Crippen LogP contribution < -0.4 is 5.32 Å². The Morgan fingerprint density at radius 2 is 2.23 bits per heavy atom. The molecule has 2 atom stereocenters. The Morgan fingerprint density at radius 3 is 2.85 bits per heavy atom. The summed E-state index contributed by atoms with van der Waals surface area (Å²) in [6.07, 6.45) is 4.01. The van der Waals surface area contributed by atoms with Crippen LogP contribution in [0.1, 0.15) is 40.0 Å². The summed E-state index contributed by atoms with van der Waals surface area (Å²) in [6, 6.07) is 1.48. The van der Waals surface area contributed by atoms with Crippen LogP contribution in [0.25, 0.3) is 0 Å². The number of nitrogens with zero attached hydrogens (tertiary/aromatic N) is 1. The van der Waals surface area contributed by atoms with E-state index in [4.69, 9.17) is 0 Å². The molecule has 13 heavy (non-hydrogen) atoms. The quantitative estimate of drug-likeness (QED) is 0.701. The monoisotopic (exact) mass is 184 g/mol. The average Bonchev–Trinajstić information content (AvgIpc) is 2.61. The van der Waals surface area contributed by atoms with Gasteiger partial charge in [-0.15, -0.1) is 0 Å². The third-order valence-corrected chi connectivity index (χ3v) is 3.22. The van der Waals surface area contributed by atoms with Crippen LogP contribution in [0.5, 0.6) is 0 Å². The van der Waals surface area contributed by atoms with E-state index in [0.29, 0.717) is 6.04 Å². The summed E-state index contributed by atoms with van der Waals surface area (Å²) in [5, 5.41) is 3.60. The molecule has 2 heteroatoms. The van der Waals surface area contributed by atoms with Crippen LogP contribution in [0, 0.1) is 0 Å². The van der Waals surface area contributed by atoms with Crippen LogP contribution in [-0.2, 0) is 0 Å². The van der Waals surface area contributed by atoms with Crippen LogP contribution in [0.2, 0.25) is 0 Å². The molecule has 0 bridgehead atoms. The number of rotatable bonds is 5. The first-order chi connectivity index (χ1) is 6.27. The van der Waals surface area contributed by atoms with E-state index >= 15 is 0 Å². The molecular weight excluding hydrogens is 160 g/mol. The fourth-order valence-corrected chi connectivity index (χ4v) is 2.02. The van der Waals surface area contributed by atoms with Gasteiger partial charge in [0.2, 0.25) is 0 Å². The highest BCUT2D eigenvalue weighted by molar-refractivity contribution is 4.80. The van der Waals surface area contributed by atoms with Crippen LogP contribution in [-0.4, -0.2) is 36.6 Å². The van der Waals surface area contributed by atoms with Crippen molar-refractivity contribution in [3.05, 3.63) is 0 Å². The first-order valence-corrected chi connectivity index (χ1v) is 5.75. The van der Waals surface area contributed by atoms with Crippen LogP contribution in [0.4, 0.5) is 0 Å². The highest BCUT2D eigenvalue weighted by Gasteiger charge is 2.22. The zero-order valence-corrected chi connectivity index (χ0v) is 9.34. The summed E-state index contributed by atoms with van der Waals surface area (Å²) in [7, 11) is 0. The summed E-state index contributed by atoms with van der Waals surface area (Å²) in [6.45, 7) is 10.5. The van der Waals surface area contributed by atoms with E-state index in [1.54, 1.807) is 0 Å². The standard InChI is InChI=1S/C11H24N2/c1-4-10(3)12-9-11-7-6-8-13(11)5-2/h10-12H,4-9H2,1-3H3/t10-,11-/m1/s1. The normalized spacial score (nSPS) is 26.5. The van der Waals surface area contributed by atoms with Gasteiger partial charge in [0, 0.05) is 18.6 Å². The second-order valence-electron chi connectivity index (χ2n) is 4.14. The van der Waals surface area contributed by atoms with Gasteiger partial charge >= 0.3 is 0 Å². The maximum atomic E-state index is 3.60. The van der Waals surface area contributed by atoms with Gasteiger partial charge in [-0.05, 0) is 39.3 Å². The van der Waals surface area contributed by atoms with Crippen molar-refractivity contribution in [2.45, 2.75) is 52.1 Å². The lowest BCUT2D eigenvalue weighted by molar-refractivity contribution is 0.254. The summed E-state index contributed by atoms with van der Waals surface area (Å²) in [4.78, 5) is 2.59. The average molecular weight is 184 g/mol. The number of hydrogen-bond acceptors (Lipinski definition) is 2. The Labute approximate surface area is 82.7 Å². The van der Waals surface area contributed by atoms with E-state index in [-0.39, 0.29) is 0 Å². The van der Waals surface area contributed by atoms with Gasteiger partial charge in [0.1, 0.15) is 0 Å². The molecule has 0 aromatic rings. The zero-order valence-electron chi connectivity index (χ0n) is 9.34. The smallest absolute Gasteiger partial charge is 0.0221 e. The Hall–Kier alpha value is -0.0800. The topological polar surface area (TPSA) is 15.3 Å². The van der Waals surface area contributed by atoms with Crippen molar-refractivity contribution in [1.29, 1.82) is 0 Å². The van der Waals surface area contributed by atoms with Gasteiger partial charge in [0.05, 0.1) is 0 Å². The molecular formula is C11H24N2. The predicted octanol–water partition coefficient (Wildman–Crippen LogP) is 1.86. The van der Waals surface area contributed by atoms with E-state index in [1.165, 1.54) is 38.9 Å². The lowest BCUT2D eigenvalue weighted by Gasteiger charge is -2.24. The Morgan fingerprint density at radius 1 is 1.46 bits per heavy atom. The molecule has 1 aliphatic rings. The van der Waals surface area contributed by atoms with Gasteiger partial charge in [-0.2, -0.15) is 0 Å². The molecule has 1 fully saturated rings. The molecule has 1 heterocycles. The number of hydrogen-bond donors (Lipinski definition) is 1. The number of likely N-dealkylation sites (N-methyl/N-ethyl adjacent to an activating group) is 1. The van der Waals surface area contributed by atoms with Crippen molar-refractivity contribution in [2.24, 2.45) is 0 Å². The van der Waals surface area contributed by atoms with Crippen LogP contribution in [0.15, 0.2) is 0 Å². The first kappa shape index (κ1) is 11.0. The molecule has 2 nitrogen and oxygen atoms in total. The summed E-state index contributed by atoms with van der Waals surface area (Å²) >= 11 is 0. The lowest BCUT2D eigenvalue weighted by atomic mass is 10.2. The van der Waals surface area contributed by atoms with Crippen molar-refractivity contribution in [3.63, 3.8) is 0 Å². The Balaban J connectivity index is 2.19. The molecule has 1 saturated heterocycles. The second-order valence-corrected chi connectivity index (χ2v) is 4.14. The maximum Gasteiger partial charge on any atom is 0.0221 e. The van der Waals surface area contributed by atoms with Gasteiger partial charge in [-0.25, -0.2) is 0 Å². The van der Waals surface area contributed by atoms with Crippen molar-refractivity contribution >= 4 is 0 Å². The molecule has 0 saturated carbocycles. The van der Waals surface area contributed by atoms with Gasteiger partial charge in [-0.3, -0.25) is 4.90 Å². The van der Waals surface area contributed by atoms with Gasteiger partial charge < -0.3 is 5.32 Å². The minimum atomic E-state index is 0.680. The molecule has 0 aliphatic carbocycles. The Kier molecular flexibility index (Phi) is 4.74. The van der Waals surface area contributed by atoms with E-state index in [1.807, 2.05) is 0 Å².